The van der Waals surface area contributed by atoms with E-state index in [9.17, 15) is 0 Å². The average Bonchev–Trinajstić information content (AvgIpc) is 3.12. The van der Waals surface area contributed by atoms with Crippen LogP contribution in [0.25, 0.3) is 0 Å². The predicted molar refractivity (Wildman–Crippen MR) is 67.5 cm³/mol. The van der Waals surface area contributed by atoms with Gasteiger partial charge in [0.2, 0.25) is 11.8 Å². The Labute approximate surface area is 106 Å². The summed E-state index contributed by atoms with van der Waals surface area (Å²) in [7, 11) is 0. The van der Waals surface area contributed by atoms with Gasteiger partial charge in [0, 0.05) is 36.1 Å². The molecule has 18 heavy (non-hydrogen) atoms. The van der Waals surface area contributed by atoms with Crippen molar-refractivity contribution < 1.29 is 4.74 Å². The Morgan fingerprint density at radius 2 is 2.39 bits per heavy atom. The molecule has 1 aliphatic rings. The SMILES string of the molecule is Cc1cc(Oc2ncccc2CNC2CC2)n[nH]1. The molecular formula is C13H16N4O. The van der Waals surface area contributed by atoms with Gasteiger partial charge in [-0.15, -0.1) is 5.10 Å². The number of ether oxygens (including phenoxy) is 1. The molecule has 94 valence electrons. The maximum absolute atomic E-state index is 5.69. The van der Waals surface area contributed by atoms with Crippen molar-refractivity contribution in [3.63, 3.8) is 0 Å². The topological polar surface area (TPSA) is 62.8 Å². The molecule has 3 rings (SSSR count). The number of nitrogens with one attached hydrogen (secondary N) is 2. The van der Waals surface area contributed by atoms with Crippen LogP contribution in [0.3, 0.4) is 0 Å². The van der Waals surface area contributed by atoms with Gasteiger partial charge in [-0.2, -0.15) is 0 Å². The van der Waals surface area contributed by atoms with Gasteiger partial charge in [-0.25, -0.2) is 4.98 Å². The number of rotatable bonds is 5. The number of aromatic amines is 1. The minimum atomic E-state index is 0.555. The quantitative estimate of drug-likeness (QED) is 0.846. The number of hydrogen-bond donors (Lipinski definition) is 2. The van der Waals surface area contributed by atoms with E-state index in [2.05, 4.69) is 20.5 Å². The first kappa shape index (κ1) is 11.2. The van der Waals surface area contributed by atoms with E-state index in [1.807, 2.05) is 25.1 Å². The summed E-state index contributed by atoms with van der Waals surface area (Å²) in [5, 5.41) is 10.4. The van der Waals surface area contributed by atoms with E-state index < -0.39 is 0 Å². The predicted octanol–water partition coefficient (Wildman–Crippen LogP) is 2.16. The maximum atomic E-state index is 5.69. The number of aromatic nitrogens is 3. The molecule has 2 aromatic heterocycles. The van der Waals surface area contributed by atoms with E-state index in [0.717, 1.165) is 17.8 Å². The largest absolute Gasteiger partial charge is 0.419 e. The molecule has 5 nitrogen and oxygen atoms in total. The summed E-state index contributed by atoms with van der Waals surface area (Å²) in [5.41, 5.74) is 2.03. The normalized spacial score (nSPS) is 14.7. The van der Waals surface area contributed by atoms with Gasteiger partial charge in [-0.3, -0.25) is 5.10 Å². The number of H-pyrrole nitrogens is 1. The Morgan fingerprint density at radius 1 is 1.50 bits per heavy atom. The lowest BCUT2D eigenvalue weighted by molar-refractivity contribution is 0.434. The van der Waals surface area contributed by atoms with Crippen molar-refractivity contribution in [2.75, 3.05) is 0 Å². The van der Waals surface area contributed by atoms with Gasteiger partial charge in [0.25, 0.3) is 0 Å². The molecule has 0 atom stereocenters. The third kappa shape index (κ3) is 2.68. The zero-order valence-electron chi connectivity index (χ0n) is 10.3. The Kier molecular flexibility index (Phi) is 2.98. The Bertz CT molecular complexity index is 533. The molecular weight excluding hydrogens is 228 g/mol. The van der Waals surface area contributed by atoms with Gasteiger partial charge in [0.15, 0.2) is 0 Å². The van der Waals surface area contributed by atoms with Crippen molar-refractivity contribution in [1.29, 1.82) is 0 Å². The average molecular weight is 244 g/mol. The second-order valence-corrected chi connectivity index (χ2v) is 4.61. The lowest BCUT2D eigenvalue weighted by Gasteiger charge is -2.08. The summed E-state index contributed by atoms with van der Waals surface area (Å²) in [6.07, 6.45) is 4.28. The molecule has 2 aromatic rings. The first-order chi connectivity index (χ1) is 8.81. The van der Waals surface area contributed by atoms with E-state index in [4.69, 9.17) is 4.74 Å². The molecule has 1 saturated carbocycles. The van der Waals surface area contributed by atoms with Crippen molar-refractivity contribution in [1.82, 2.24) is 20.5 Å². The standard InChI is InChI=1S/C13H16N4O/c1-9-7-12(17-16-9)18-13-10(3-2-6-14-13)8-15-11-4-5-11/h2-3,6-7,11,15H,4-5,8H2,1H3,(H,16,17). The van der Waals surface area contributed by atoms with Gasteiger partial charge in [-0.1, -0.05) is 6.07 Å². The Balaban J connectivity index is 1.73. The van der Waals surface area contributed by atoms with Crippen molar-refractivity contribution in [3.05, 3.63) is 35.7 Å². The molecule has 1 aliphatic carbocycles. The second kappa shape index (κ2) is 4.78. The minimum absolute atomic E-state index is 0.555. The molecule has 2 heterocycles. The van der Waals surface area contributed by atoms with Gasteiger partial charge in [-0.05, 0) is 25.8 Å². The van der Waals surface area contributed by atoms with Gasteiger partial charge in [0.05, 0.1) is 0 Å². The van der Waals surface area contributed by atoms with Crippen LogP contribution in [0.4, 0.5) is 0 Å². The summed E-state index contributed by atoms with van der Waals surface area (Å²) in [6.45, 7) is 2.73. The highest BCUT2D eigenvalue weighted by atomic mass is 16.5. The molecule has 0 bridgehead atoms. The lowest BCUT2D eigenvalue weighted by Crippen LogP contribution is -2.16. The number of aryl methyl sites for hydroxylation is 1. The highest BCUT2D eigenvalue weighted by molar-refractivity contribution is 5.29. The smallest absolute Gasteiger partial charge is 0.240 e. The highest BCUT2D eigenvalue weighted by Crippen LogP contribution is 2.24. The summed E-state index contributed by atoms with van der Waals surface area (Å²) in [6, 6.07) is 6.47. The van der Waals surface area contributed by atoms with E-state index in [1.165, 1.54) is 12.8 Å². The monoisotopic (exact) mass is 244 g/mol. The van der Waals surface area contributed by atoms with Gasteiger partial charge >= 0.3 is 0 Å². The van der Waals surface area contributed by atoms with Crippen LogP contribution in [0.5, 0.6) is 11.8 Å². The van der Waals surface area contributed by atoms with Gasteiger partial charge < -0.3 is 10.1 Å². The highest BCUT2D eigenvalue weighted by Gasteiger charge is 2.20. The fourth-order valence-electron chi connectivity index (χ4n) is 1.74. The fraction of sp³-hybridized carbons (Fsp3) is 0.385. The minimum Gasteiger partial charge on any atom is -0.419 e. The van der Waals surface area contributed by atoms with Crippen molar-refractivity contribution >= 4 is 0 Å². The summed E-state index contributed by atoms with van der Waals surface area (Å²) < 4.78 is 5.69. The van der Waals surface area contributed by atoms with Crippen LogP contribution in [0, 0.1) is 6.92 Å². The van der Waals surface area contributed by atoms with Crippen LogP contribution in [0.1, 0.15) is 24.1 Å². The summed E-state index contributed by atoms with van der Waals surface area (Å²) >= 11 is 0. The van der Waals surface area contributed by atoms with E-state index >= 15 is 0 Å². The van der Waals surface area contributed by atoms with Crippen molar-refractivity contribution in [3.8, 4) is 11.8 Å². The lowest BCUT2D eigenvalue weighted by atomic mass is 10.2. The molecule has 0 unspecified atom stereocenters. The fourth-order valence-corrected chi connectivity index (χ4v) is 1.74. The summed E-state index contributed by atoms with van der Waals surface area (Å²) in [5.74, 6) is 1.18. The van der Waals surface area contributed by atoms with Crippen LogP contribution >= 0.6 is 0 Å². The van der Waals surface area contributed by atoms with E-state index in [-0.39, 0.29) is 0 Å². The number of pyridine rings is 1. The zero-order chi connectivity index (χ0) is 12.4. The van der Waals surface area contributed by atoms with Crippen LogP contribution in [0.2, 0.25) is 0 Å². The molecule has 0 spiro atoms. The molecule has 5 heteroatoms. The molecule has 0 amide bonds. The molecule has 0 aromatic carbocycles. The second-order valence-electron chi connectivity index (χ2n) is 4.61. The zero-order valence-corrected chi connectivity index (χ0v) is 10.3. The van der Waals surface area contributed by atoms with E-state index in [1.54, 1.807) is 6.20 Å². The third-order valence-corrected chi connectivity index (χ3v) is 2.89. The molecule has 0 radical (unpaired) electrons. The van der Waals surface area contributed by atoms with Gasteiger partial charge in [0.1, 0.15) is 0 Å². The molecule has 1 fully saturated rings. The molecule has 0 aliphatic heterocycles. The first-order valence-electron chi connectivity index (χ1n) is 6.18. The Hall–Kier alpha value is -1.88. The first-order valence-corrected chi connectivity index (χ1v) is 6.18. The third-order valence-electron chi connectivity index (χ3n) is 2.89. The van der Waals surface area contributed by atoms with Crippen LogP contribution in [-0.2, 0) is 6.54 Å². The van der Waals surface area contributed by atoms with Crippen LogP contribution in [0.15, 0.2) is 24.4 Å². The number of hydrogen-bond acceptors (Lipinski definition) is 4. The number of nitrogens with zero attached hydrogens (tertiary/aromatic N) is 2. The molecule has 0 saturated heterocycles. The van der Waals surface area contributed by atoms with Crippen LogP contribution in [-0.4, -0.2) is 21.2 Å². The summed E-state index contributed by atoms with van der Waals surface area (Å²) in [4.78, 5) is 4.27. The van der Waals surface area contributed by atoms with Crippen molar-refractivity contribution in [2.24, 2.45) is 0 Å². The Morgan fingerprint density at radius 3 is 3.11 bits per heavy atom. The van der Waals surface area contributed by atoms with Crippen LogP contribution < -0.4 is 10.1 Å². The molecule has 2 N–H and O–H groups in total. The van der Waals surface area contributed by atoms with E-state index in [0.29, 0.717) is 17.8 Å². The van der Waals surface area contributed by atoms with Crippen molar-refractivity contribution in [2.45, 2.75) is 32.4 Å². The maximum Gasteiger partial charge on any atom is 0.240 e.